The summed E-state index contributed by atoms with van der Waals surface area (Å²) in [5.41, 5.74) is 0. The average molecular weight is 417 g/mol. The molecule has 0 saturated heterocycles. The average Bonchev–Trinajstić information content (AvgIpc) is 1.63. The van der Waals surface area contributed by atoms with E-state index in [1.54, 1.807) is 0 Å². The molecule has 12 heavy (non-hydrogen) atoms. The molecule has 0 N–H and O–H groups in total. The molecule has 0 saturated carbocycles. The maximum absolute atomic E-state index is 8.52. The minimum Gasteiger partial charge on any atom is 2.00 e. The fourth-order valence-corrected chi connectivity index (χ4v) is 0. The van der Waals surface area contributed by atoms with Crippen molar-refractivity contribution in [3.05, 3.63) is 0 Å². The molecule has 12 heteroatoms. The monoisotopic (exact) mass is 414 g/mol. The van der Waals surface area contributed by atoms with Gasteiger partial charge in [-0.05, 0) is 0 Å². The number of halogens is 4. The number of hydrogen-bond acceptors (Lipinski definition) is 4. The summed E-state index contributed by atoms with van der Waals surface area (Å²) < 4.78 is 34.1. The molecule has 4 nitrogen and oxygen atoms in total. The smallest absolute Gasteiger partial charge is 2.00 e. The third-order valence-corrected chi connectivity index (χ3v) is 0. The predicted molar refractivity (Wildman–Crippen MR) is 33.9 cm³/mol. The van der Waals surface area contributed by atoms with E-state index < -0.39 is 21.3 Å². The van der Waals surface area contributed by atoms with E-state index in [2.05, 4.69) is 25.2 Å². The van der Waals surface area contributed by atoms with E-state index in [1.807, 2.05) is 0 Å². The second-order valence-corrected chi connectivity index (χ2v) is 6.53. The van der Waals surface area contributed by atoms with E-state index in [-0.39, 0.29) is 19.5 Å². The summed E-state index contributed by atoms with van der Waals surface area (Å²) in [5.74, 6) is 0. The molecule has 0 aromatic rings. The summed E-state index contributed by atoms with van der Waals surface area (Å²) in [6.07, 6.45) is 0. The van der Waals surface area contributed by atoms with Crippen LogP contribution < -0.4 is 0 Å². The molecule has 0 unspecified atom stereocenters. The summed E-state index contributed by atoms with van der Waals surface area (Å²) in [6, 6.07) is 0. The molecule has 0 fully saturated rings. The van der Waals surface area contributed by atoms with Crippen LogP contribution in [-0.4, -0.2) is 17.5 Å². The Hall–Kier alpha value is 2.68. The Labute approximate surface area is 113 Å². The first-order valence-corrected chi connectivity index (χ1v) is 8.44. The number of hydrogen-bond donors (Lipinski definition) is 0. The zero-order valence-electron chi connectivity index (χ0n) is 4.97. The van der Waals surface area contributed by atoms with E-state index in [0.717, 1.165) is 0 Å². The maximum atomic E-state index is 8.52. The Balaban J connectivity index is -0.0000000419. The van der Waals surface area contributed by atoms with Crippen LogP contribution in [0.3, 0.4) is 0 Å². The minimum absolute atomic E-state index is 0. The van der Waals surface area contributed by atoms with Crippen LogP contribution in [0.4, 0.5) is 0 Å². The summed E-state index contributed by atoms with van der Waals surface area (Å²) in [6.45, 7) is 0. The van der Waals surface area contributed by atoms with Crippen molar-refractivity contribution >= 4 is 50.9 Å². The molecule has 0 aliphatic heterocycles. The van der Waals surface area contributed by atoms with Crippen molar-refractivity contribution < 1.29 is 63.1 Å². The van der Waals surface area contributed by atoms with Crippen molar-refractivity contribution in [1.29, 1.82) is 0 Å². The Morgan fingerprint density at radius 1 is 1.08 bits per heavy atom. The molecule has 0 aromatic heterocycles. The minimum atomic E-state index is -5.17. The van der Waals surface area contributed by atoms with Gasteiger partial charge in [0.25, 0.3) is 0 Å². The molecule has 0 aliphatic carbocycles. The van der Waals surface area contributed by atoms with Crippen molar-refractivity contribution in [1.82, 2.24) is 0 Å². The topological polar surface area (TPSA) is 80.3 Å². The fraction of sp³-hybridized carbons (Fsp3) is 0. The van der Waals surface area contributed by atoms with Gasteiger partial charge < -0.3 is 9.11 Å². The van der Waals surface area contributed by atoms with Gasteiger partial charge in [-0.3, -0.25) is 8.42 Å². The van der Waals surface area contributed by atoms with Crippen LogP contribution in [0.25, 0.3) is 0 Å². The van der Waals surface area contributed by atoms with Gasteiger partial charge in [-0.25, -0.2) is 0 Å². The Morgan fingerprint density at radius 2 is 1.08 bits per heavy atom. The van der Waals surface area contributed by atoms with Gasteiger partial charge in [0.2, 0.25) is 0 Å². The second-order valence-electron chi connectivity index (χ2n) is 0.551. The van der Waals surface area contributed by atoms with Gasteiger partial charge in [-0.2, -0.15) is 0 Å². The standard InChI is InChI=1S/4ClH.Co.Mn.H2O4S.Zn/c;;;;;;1-5(2,3)4;/h4*1H;;;(H2,1,2,3,4);/q;;;;+3;+1;;+2/p-6. The largest absolute Gasteiger partial charge is 2.00 e. The summed E-state index contributed by atoms with van der Waals surface area (Å²) >= 11 is 2.41. The second kappa shape index (κ2) is 16.1. The SMILES string of the molecule is O=S(=O)([O-])[O-].[Cl][Co]([Cl])[Cl].[Cl][Mn].[Zn+2]. The first kappa shape index (κ1) is 24.1. The molecule has 0 rings (SSSR count). The van der Waals surface area contributed by atoms with Gasteiger partial charge in [0.15, 0.2) is 0 Å². The molecule has 0 aliphatic rings. The molecule has 0 spiro atoms. The van der Waals surface area contributed by atoms with Gasteiger partial charge in [-0.15, -0.1) is 0 Å². The molecule has 0 bridgehead atoms. The number of rotatable bonds is 0. The van der Waals surface area contributed by atoms with Crippen LogP contribution in [0.1, 0.15) is 0 Å². The van der Waals surface area contributed by atoms with E-state index >= 15 is 0 Å². The van der Waals surface area contributed by atoms with Crippen LogP contribution in [-0.2, 0) is 55.9 Å². The predicted octanol–water partition coefficient (Wildman–Crippen LogP) is 1.41. The molecule has 0 amide bonds. The van der Waals surface area contributed by atoms with Crippen molar-refractivity contribution in [2.45, 2.75) is 0 Å². The van der Waals surface area contributed by atoms with Crippen LogP contribution in [0, 0.1) is 0 Å². The Morgan fingerprint density at radius 3 is 1.08 bits per heavy atom. The van der Waals surface area contributed by atoms with Crippen molar-refractivity contribution in [2.24, 2.45) is 0 Å². The van der Waals surface area contributed by atoms with E-state index in [1.165, 1.54) is 0 Å². The van der Waals surface area contributed by atoms with Crippen LogP contribution >= 0.6 is 40.5 Å². The fourth-order valence-electron chi connectivity index (χ4n) is 0. The van der Waals surface area contributed by atoms with Crippen LogP contribution in [0.2, 0.25) is 0 Å². The van der Waals surface area contributed by atoms with Crippen LogP contribution in [0.15, 0.2) is 0 Å². The van der Waals surface area contributed by atoms with Crippen LogP contribution in [0.5, 0.6) is 0 Å². The molecule has 0 radical (unpaired) electrons. The van der Waals surface area contributed by atoms with E-state index in [0.29, 0.717) is 0 Å². The van der Waals surface area contributed by atoms with Gasteiger partial charge in [-0.1, -0.05) is 0 Å². The van der Waals surface area contributed by atoms with Crippen molar-refractivity contribution in [2.75, 3.05) is 0 Å². The zero-order valence-corrected chi connectivity index (χ0v) is 14.0. The zero-order chi connectivity index (χ0) is 10.1. The Kier molecular flexibility index (Phi) is 32.4. The van der Waals surface area contributed by atoms with E-state index in [4.69, 9.17) is 48.0 Å². The summed E-state index contributed by atoms with van der Waals surface area (Å²) in [7, 11) is 12.7. The summed E-state index contributed by atoms with van der Waals surface area (Å²) in [5, 5.41) is 0. The summed E-state index contributed by atoms with van der Waals surface area (Å²) in [4.78, 5) is 0. The van der Waals surface area contributed by atoms with E-state index in [9.17, 15) is 0 Å². The molecule has 0 heterocycles. The third kappa shape index (κ3) is 241. The first-order chi connectivity index (χ1) is 4.73. The molecule has 76 valence electrons. The molecule has 0 atom stereocenters. The first-order valence-electron chi connectivity index (χ1n) is 1.19. The van der Waals surface area contributed by atoms with Gasteiger partial charge in [0.1, 0.15) is 0 Å². The third-order valence-electron chi connectivity index (χ3n) is 0. The van der Waals surface area contributed by atoms with Crippen molar-refractivity contribution in [3.8, 4) is 0 Å². The maximum Gasteiger partial charge on any atom is 2.00 e. The molecular weight excluding hydrogens is 417 g/mol. The quantitative estimate of drug-likeness (QED) is 0.339. The molecular formula is Cl4CoMnO4SZn. The Bertz CT molecular complexity index is 138. The van der Waals surface area contributed by atoms with Gasteiger partial charge in [0.05, 0.1) is 0 Å². The van der Waals surface area contributed by atoms with Gasteiger partial charge >= 0.3 is 86.1 Å². The normalized spacial score (nSPS) is 9.08. The molecule has 0 aromatic carbocycles. The van der Waals surface area contributed by atoms with Gasteiger partial charge in [0, 0.05) is 10.4 Å². The van der Waals surface area contributed by atoms with Crippen molar-refractivity contribution in [3.63, 3.8) is 0 Å².